The Morgan fingerprint density at radius 3 is 2.55 bits per heavy atom. The van der Waals surface area contributed by atoms with E-state index in [1.807, 2.05) is 19.1 Å². The zero-order valence-electron chi connectivity index (χ0n) is 11.3. The van der Waals surface area contributed by atoms with E-state index in [2.05, 4.69) is 6.58 Å². The van der Waals surface area contributed by atoms with Crippen LogP contribution in [0.4, 0.5) is 0 Å². The fourth-order valence-corrected chi connectivity index (χ4v) is 1.68. The number of hydrogen-bond acceptors (Lipinski definition) is 3. The largest absolute Gasteiger partial charge is 0.489 e. The van der Waals surface area contributed by atoms with Crippen LogP contribution in [0.5, 0.6) is 11.5 Å². The van der Waals surface area contributed by atoms with Gasteiger partial charge in [0.15, 0.2) is 0 Å². The van der Waals surface area contributed by atoms with Crippen LogP contribution in [-0.2, 0) is 0 Å². The fourth-order valence-electron chi connectivity index (χ4n) is 1.68. The summed E-state index contributed by atoms with van der Waals surface area (Å²) in [7, 11) is 0. The van der Waals surface area contributed by atoms with E-state index < -0.39 is 5.97 Å². The molecule has 102 valence electrons. The SMILES string of the molecule is C=CCOc1ccccc1C(=O)Oc1ccc(C)cc1. The molecule has 0 aliphatic carbocycles. The standard InChI is InChI=1S/C17H16O3/c1-3-12-19-16-7-5-4-6-15(16)17(18)20-14-10-8-13(2)9-11-14/h3-11H,1,12H2,2H3. The van der Waals surface area contributed by atoms with Crippen LogP contribution in [0.1, 0.15) is 15.9 Å². The van der Waals surface area contributed by atoms with Crippen LogP contribution in [0.25, 0.3) is 0 Å². The van der Waals surface area contributed by atoms with Gasteiger partial charge in [0, 0.05) is 0 Å². The number of para-hydroxylation sites is 1. The lowest BCUT2D eigenvalue weighted by molar-refractivity contribution is 0.0730. The summed E-state index contributed by atoms with van der Waals surface area (Å²) in [5, 5.41) is 0. The number of carbonyl (C=O) groups excluding carboxylic acids is 1. The molecule has 0 saturated carbocycles. The van der Waals surface area contributed by atoms with Crippen LogP contribution in [0.2, 0.25) is 0 Å². The number of rotatable bonds is 5. The molecule has 0 N–H and O–H groups in total. The Morgan fingerprint density at radius 2 is 1.85 bits per heavy atom. The van der Waals surface area contributed by atoms with Crippen molar-refractivity contribution in [3.63, 3.8) is 0 Å². The number of aryl methyl sites for hydroxylation is 1. The highest BCUT2D eigenvalue weighted by atomic mass is 16.5. The normalized spacial score (nSPS) is 9.85. The van der Waals surface area contributed by atoms with Crippen LogP contribution < -0.4 is 9.47 Å². The fraction of sp³-hybridized carbons (Fsp3) is 0.118. The van der Waals surface area contributed by atoms with E-state index in [0.29, 0.717) is 23.7 Å². The third-order valence-electron chi connectivity index (χ3n) is 2.70. The van der Waals surface area contributed by atoms with Gasteiger partial charge in [-0.1, -0.05) is 42.5 Å². The molecule has 3 heteroatoms. The molecule has 0 amide bonds. The second-order valence-corrected chi connectivity index (χ2v) is 4.30. The van der Waals surface area contributed by atoms with Crippen molar-refractivity contribution in [3.8, 4) is 11.5 Å². The quantitative estimate of drug-likeness (QED) is 0.470. The van der Waals surface area contributed by atoms with Gasteiger partial charge in [-0.3, -0.25) is 0 Å². The minimum Gasteiger partial charge on any atom is -0.489 e. The zero-order valence-corrected chi connectivity index (χ0v) is 11.3. The molecule has 0 bridgehead atoms. The lowest BCUT2D eigenvalue weighted by Gasteiger charge is -2.09. The van der Waals surface area contributed by atoms with Gasteiger partial charge in [0.05, 0.1) is 0 Å². The average Bonchev–Trinajstić information content (AvgIpc) is 2.47. The molecule has 0 spiro atoms. The second-order valence-electron chi connectivity index (χ2n) is 4.30. The highest BCUT2D eigenvalue weighted by Gasteiger charge is 2.14. The second kappa shape index (κ2) is 6.57. The minimum absolute atomic E-state index is 0.342. The molecule has 3 nitrogen and oxygen atoms in total. The van der Waals surface area contributed by atoms with Crippen molar-refractivity contribution in [3.05, 3.63) is 72.3 Å². The van der Waals surface area contributed by atoms with Crippen molar-refractivity contribution in [1.82, 2.24) is 0 Å². The molecule has 0 fully saturated rings. The van der Waals surface area contributed by atoms with Gasteiger partial charge in [-0.25, -0.2) is 4.79 Å². The van der Waals surface area contributed by atoms with Gasteiger partial charge in [0.2, 0.25) is 0 Å². The first kappa shape index (κ1) is 13.9. The highest BCUT2D eigenvalue weighted by molar-refractivity contribution is 5.93. The summed E-state index contributed by atoms with van der Waals surface area (Å²) in [6.45, 7) is 5.90. The molecule has 0 aliphatic heterocycles. The molecule has 0 saturated heterocycles. The maximum atomic E-state index is 12.2. The van der Waals surface area contributed by atoms with E-state index in [1.165, 1.54) is 0 Å². The summed E-state index contributed by atoms with van der Waals surface area (Å²) in [6.07, 6.45) is 1.63. The number of esters is 1. The van der Waals surface area contributed by atoms with Gasteiger partial charge in [-0.15, -0.1) is 0 Å². The molecular formula is C17H16O3. The molecule has 2 rings (SSSR count). The zero-order chi connectivity index (χ0) is 14.4. The summed E-state index contributed by atoms with van der Waals surface area (Å²) in [6, 6.07) is 14.3. The Hall–Kier alpha value is -2.55. The number of hydrogen-bond donors (Lipinski definition) is 0. The molecule has 0 radical (unpaired) electrons. The molecule has 20 heavy (non-hydrogen) atoms. The van der Waals surface area contributed by atoms with Crippen molar-refractivity contribution in [1.29, 1.82) is 0 Å². The van der Waals surface area contributed by atoms with Crippen molar-refractivity contribution in [2.75, 3.05) is 6.61 Å². The van der Waals surface area contributed by atoms with E-state index in [1.54, 1.807) is 42.5 Å². The molecule has 0 aromatic heterocycles. The maximum Gasteiger partial charge on any atom is 0.347 e. The van der Waals surface area contributed by atoms with E-state index in [4.69, 9.17) is 9.47 Å². The van der Waals surface area contributed by atoms with E-state index in [0.717, 1.165) is 5.56 Å². The Labute approximate surface area is 118 Å². The van der Waals surface area contributed by atoms with Crippen molar-refractivity contribution >= 4 is 5.97 Å². The van der Waals surface area contributed by atoms with E-state index >= 15 is 0 Å². The maximum absolute atomic E-state index is 12.2. The van der Waals surface area contributed by atoms with Crippen molar-refractivity contribution in [2.24, 2.45) is 0 Å². The Morgan fingerprint density at radius 1 is 1.15 bits per heavy atom. The Balaban J connectivity index is 2.16. The molecule has 0 heterocycles. The molecule has 2 aromatic rings. The lowest BCUT2D eigenvalue weighted by Crippen LogP contribution is -2.10. The summed E-state index contributed by atoms with van der Waals surface area (Å²) in [4.78, 5) is 12.2. The van der Waals surface area contributed by atoms with E-state index in [9.17, 15) is 4.79 Å². The smallest absolute Gasteiger partial charge is 0.347 e. The first-order chi connectivity index (χ1) is 9.70. The van der Waals surface area contributed by atoms with Crippen LogP contribution in [0.3, 0.4) is 0 Å². The van der Waals surface area contributed by atoms with Gasteiger partial charge in [-0.05, 0) is 31.2 Å². The predicted octanol–water partition coefficient (Wildman–Crippen LogP) is 3.78. The third-order valence-corrected chi connectivity index (χ3v) is 2.70. The van der Waals surface area contributed by atoms with Crippen LogP contribution in [0.15, 0.2) is 61.2 Å². The Bertz CT molecular complexity index is 600. The van der Waals surface area contributed by atoms with Gasteiger partial charge in [0.25, 0.3) is 0 Å². The summed E-state index contributed by atoms with van der Waals surface area (Å²) in [5.74, 6) is 0.567. The van der Waals surface area contributed by atoms with Crippen LogP contribution in [0, 0.1) is 6.92 Å². The third kappa shape index (κ3) is 3.48. The Kier molecular flexibility index (Phi) is 4.56. The molecule has 0 unspecified atom stereocenters. The average molecular weight is 268 g/mol. The van der Waals surface area contributed by atoms with Crippen molar-refractivity contribution < 1.29 is 14.3 Å². The van der Waals surface area contributed by atoms with Gasteiger partial charge < -0.3 is 9.47 Å². The van der Waals surface area contributed by atoms with Gasteiger partial charge in [-0.2, -0.15) is 0 Å². The predicted molar refractivity (Wildman–Crippen MR) is 78.3 cm³/mol. The van der Waals surface area contributed by atoms with Gasteiger partial charge in [0.1, 0.15) is 23.7 Å². The number of carbonyl (C=O) groups is 1. The first-order valence-electron chi connectivity index (χ1n) is 6.32. The number of ether oxygens (including phenoxy) is 2. The minimum atomic E-state index is -0.437. The van der Waals surface area contributed by atoms with Gasteiger partial charge >= 0.3 is 5.97 Å². The molecular weight excluding hydrogens is 252 g/mol. The van der Waals surface area contributed by atoms with Crippen LogP contribution in [-0.4, -0.2) is 12.6 Å². The monoisotopic (exact) mass is 268 g/mol. The molecule has 2 aromatic carbocycles. The van der Waals surface area contributed by atoms with E-state index in [-0.39, 0.29) is 0 Å². The summed E-state index contributed by atoms with van der Waals surface area (Å²) < 4.78 is 10.8. The topological polar surface area (TPSA) is 35.5 Å². The van der Waals surface area contributed by atoms with Crippen molar-refractivity contribution in [2.45, 2.75) is 6.92 Å². The lowest BCUT2D eigenvalue weighted by atomic mass is 10.2. The van der Waals surface area contributed by atoms with Crippen LogP contribution >= 0.6 is 0 Å². The first-order valence-corrected chi connectivity index (χ1v) is 6.32. The molecule has 0 aliphatic rings. The number of benzene rings is 2. The molecule has 0 atom stereocenters. The highest BCUT2D eigenvalue weighted by Crippen LogP contribution is 2.21. The summed E-state index contributed by atoms with van der Waals surface area (Å²) >= 11 is 0. The summed E-state index contributed by atoms with van der Waals surface area (Å²) in [5.41, 5.74) is 1.51.